The van der Waals surface area contributed by atoms with Gasteiger partial charge in [0.2, 0.25) is 0 Å². The number of esters is 1. The van der Waals surface area contributed by atoms with Crippen LogP contribution in [0.15, 0.2) is 65.8 Å². The molecule has 180 valence electrons. The molecule has 0 atom stereocenters. The molecular formula is C25H23N3O7. The maximum absolute atomic E-state index is 12.4. The molecule has 0 aliphatic carbocycles. The third kappa shape index (κ3) is 6.64. The Kier molecular flexibility index (Phi) is 8.12. The van der Waals surface area contributed by atoms with Gasteiger partial charge in [-0.15, -0.1) is 0 Å². The van der Waals surface area contributed by atoms with E-state index >= 15 is 0 Å². The predicted molar refractivity (Wildman–Crippen MR) is 128 cm³/mol. The van der Waals surface area contributed by atoms with Gasteiger partial charge < -0.3 is 14.2 Å². The number of rotatable bonds is 9. The molecule has 10 nitrogen and oxygen atoms in total. The third-order valence-electron chi connectivity index (χ3n) is 4.86. The Morgan fingerprint density at radius 1 is 1.03 bits per heavy atom. The maximum Gasteiger partial charge on any atom is 0.343 e. The topological polar surface area (TPSA) is 129 Å². The highest BCUT2D eigenvalue weighted by molar-refractivity contribution is 5.92. The number of non-ortho nitro benzene ring substituents is 1. The van der Waals surface area contributed by atoms with E-state index in [-0.39, 0.29) is 29.4 Å². The molecule has 3 aromatic rings. The van der Waals surface area contributed by atoms with Crippen LogP contribution in [-0.4, -0.2) is 36.7 Å². The fourth-order valence-corrected chi connectivity index (χ4v) is 3.10. The summed E-state index contributed by atoms with van der Waals surface area (Å²) < 4.78 is 16.2. The molecule has 0 saturated heterocycles. The number of nitro groups is 1. The van der Waals surface area contributed by atoms with Crippen molar-refractivity contribution in [3.8, 4) is 17.2 Å². The number of amides is 1. The summed E-state index contributed by atoms with van der Waals surface area (Å²) in [5.41, 5.74) is 4.85. The Morgan fingerprint density at radius 2 is 1.71 bits per heavy atom. The zero-order valence-corrected chi connectivity index (χ0v) is 19.3. The van der Waals surface area contributed by atoms with Crippen molar-refractivity contribution in [3.63, 3.8) is 0 Å². The largest absolute Gasteiger partial charge is 0.493 e. The van der Waals surface area contributed by atoms with Crippen molar-refractivity contribution in [3.05, 3.63) is 93.0 Å². The first-order valence-corrected chi connectivity index (χ1v) is 10.4. The fraction of sp³-hybridized carbons (Fsp3) is 0.160. The number of para-hydroxylation sites is 1. The Balaban J connectivity index is 1.58. The lowest BCUT2D eigenvalue weighted by molar-refractivity contribution is -0.384. The molecule has 3 rings (SSSR count). The molecule has 1 amide bonds. The number of carbonyl (C=O) groups is 2. The van der Waals surface area contributed by atoms with Gasteiger partial charge in [-0.1, -0.05) is 18.2 Å². The molecule has 0 bridgehead atoms. The maximum atomic E-state index is 12.4. The molecule has 0 spiro atoms. The van der Waals surface area contributed by atoms with Gasteiger partial charge in [0.15, 0.2) is 18.1 Å². The average Bonchev–Trinajstić information content (AvgIpc) is 2.84. The number of hydrazone groups is 1. The minimum absolute atomic E-state index is 0.133. The molecule has 0 saturated carbocycles. The van der Waals surface area contributed by atoms with Crippen LogP contribution in [0.3, 0.4) is 0 Å². The molecule has 0 heterocycles. The summed E-state index contributed by atoms with van der Waals surface area (Å²) >= 11 is 0. The van der Waals surface area contributed by atoms with Gasteiger partial charge >= 0.3 is 5.97 Å². The number of carbonyl (C=O) groups excluding carboxylic acids is 2. The molecule has 1 N–H and O–H groups in total. The summed E-state index contributed by atoms with van der Waals surface area (Å²) in [7, 11) is 1.41. The summed E-state index contributed by atoms with van der Waals surface area (Å²) in [5, 5.41) is 14.7. The van der Waals surface area contributed by atoms with E-state index in [9.17, 15) is 19.7 Å². The van der Waals surface area contributed by atoms with Gasteiger partial charge in [-0.05, 0) is 60.9 Å². The Bertz CT molecular complexity index is 1250. The molecule has 0 unspecified atom stereocenters. The van der Waals surface area contributed by atoms with Crippen molar-refractivity contribution in [2.45, 2.75) is 13.8 Å². The van der Waals surface area contributed by atoms with Crippen molar-refractivity contribution >= 4 is 23.8 Å². The normalized spacial score (nSPS) is 10.6. The van der Waals surface area contributed by atoms with Crippen molar-refractivity contribution in [2.24, 2.45) is 5.10 Å². The smallest absolute Gasteiger partial charge is 0.343 e. The lowest BCUT2D eigenvalue weighted by Gasteiger charge is -2.11. The highest BCUT2D eigenvalue weighted by Crippen LogP contribution is 2.28. The van der Waals surface area contributed by atoms with Crippen LogP contribution >= 0.6 is 0 Å². The second kappa shape index (κ2) is 11.4. The second-order valence-electron chi connectivity index (χ2n) is 7.41. The van der Waals surface area contributed by atoms with Crippen molar-refractivity contribution in [1.29, 1.82) is 0 Å². The van der Waals surface area contributed by atoms with Gasteiger partial charge in [-0.3, -0.25) is 14.9 Å². The van der Waals surface area contributed by atoms with Crippen LogP contribution in [-0.2, 0) is 4.79 Å². The van der Waals surface area contributed by atoms with Gasteiger partial charge in [0.25, 0.3) is 11.6 Å². The second-order valence-corrected chi connectivity index (χ2v) is 7.41. The van der Waals surface area contributed by atoms with E-state index in [2.05, 4.69) is 10.5 Å². The minimum atomic E-state index is -0.698. The third-order valence-corrected chi connectivity index (χ3v) is 4.86. The van der Waals surface area contributed by atoms with E-state index in [0.717, 1.165) is 11.1 Å². The standard InChI is InChI=1S/C25H23N3O7/c1-16-5-4-6-17(2)24(16)34-15-23(29)27-26-14-18-7-12-21(22(13-18)33-3)35-25(30)19-8-10-20(11-9-19)28(31)32/h4-14H,15H2,1-3H3,(H,27,29)/b26-14-. The Hall–Kier alpha value is -4.73. The summed E-state index contributed by atoms with van der Waals surface area (Å²) in [5.74, 6) is -0.0524. The lowest BCUT2D eigenvalue weighted by atomic mass is 10.1. The van der Waals surface area contributed by atoms with Gasteiger partial charge in [-0.2, -0.15) is 5.10 Å². The summed E-state index contributed by atoms with van der Waals surface area (Å²) in [6, 6.07) is 15.5. The van der Waals surface area contributed by atoms with Crippen LogP contribution < -0.4 is 19.6 Å². The van der Waals surface area contributed by atoms with Crippen LogP contribution in [0.2, 0.25) is 0 Å². The number of ether oxygens (including phenoxy) is 3. The van der Waals surface area contributed by atoms with E-state index in [0.29, 0.717) is 11.3 Å². The molecule has 0 radical (unpaired) electrons. The summed E-state index contributed by atoms with van der Waals surface area (Å²) in [4.78, 5) is 34.6. The van der Waals surface area contributed by atoms with Crippen molar-refractivity contribution < 1.29 is 28.7 Å². The van der Waals surface area contributed by atoms with E-state index in [1.165, 1.54) is 43.7 Å². The van der Waals surface area contributed by atoms with E-state index in [1.807, 2.05) is 32.0 Å². The molecule has 3 aromatic carbocycles. The number of nitrogens with zero attached hydrogens (tertiary/aromatic N) is 2. The van der Waals surface area contributed by atoms with Crippen molar-refractivity contribution in [2.75, 3.05) is 13.7 Å². The number of methoxy groups -OCH3 is 1. The molecule has 10 heteroatoms. The minimum Gasteiger partial charge on any atom is -0.493 e. The van der Waals surface area contributed by atoms with Gasteiger partial charge in [0.05, 0.1) is 23.8 Å². The quantitative estimate of drug-likeness (QED) is 0.162. The predicted octanol–water partition coefficient (Wildman–Crippen LogP) is 3.97. The first kappa shape index (κ1) is 24.9. The monoisotopic (exact) mass is 477 g/mol. The van der Waals surface area contributed by atoms with Crippen LogP contribution in [0.25, 0.3) is 0 Å². The lowest BCUT2D eigenvalue weighted by Crippen LogP contribution is -2.25. The zero-order valence-electron chi connectivity index (χ0n) is 19.3. The number of nitro benzene ring substituents is 1. The van der Waals surface area contributed by atoms with E-state index in [4.69, 9.17) is 14.2 Å². The first-order chi connectivity index (χ1) is 16.8. The Morgan fingerprint density at radius 3 is 2.34 bits per heavy atom. The van der Waals surface area contributed by atoms with E-state index < -0.39 is 16.8 Å². The van der Waals surface area contributed by atoms with Crippen LogP contribution in [0.4, 0.5) is 5.69 Å². The zero-order chi connectivity index (χ0) is 25.4. The van der Waals surface area contributed by atoms with Gasteiger partial charge in [-0.25, -0.2) is 10.2 Å². The molecule has 35 heavy (non-hydrogen) atoms. The summed E-state index contributed by atoms with van der Waals surface area (Å²) in [6.07, 6.45) is 1.40. The average molecular weight is 477 g/mol. The summed E-state index contributed by atoms with van der Waals surface area (Å²) in [6.45, 7) is 3.61. The van der Waals surface area contributed by atoms with Gasteiger partial charge in [0.1, 0.15) is 5.75 Å². The molecule has 0 aliphatic rings. The number of hydrogen-bond acceptors (Lipinski definition) is 8. The number of hydrogen-bond donors (Lipinski definition) is 1. The molecule has 0 fully saturated rings. The highest BCUT2D eigenvalue weighted by Gasteiger charge is 2.14. The SMILES string of the molecule is COc1cc(/C=N\NC(=O)COc2c(C)cccc2C)ccc1OC(=O)c1ccc([N+](=O)[O-])cc1. The molecule has 0 aliphatic heterocycles. The molecular weight excluding hydrogens is 454 g/mol. The van der Waals surface area contributed by atoms with Crippen LogP contribution in [0.1, 0.15) is 27.0 Å². The van der Waals surface area contributed by atoms with E-state index in [1.54, 1.807) is 12.1 Å². The molecule has 0 aromatic heterocycles. The number of benzene rings is 3. The number of aryl methyl sites for hydroxylation is 2. The number of nitrogens with one attached hydrogen (secondary N) is 1. The fourth-order valence-electron chi connectivity index (χ4n) is 3.10. The first-order valence-electron chi connectivity index (χ1n) is 10.4. The van der Waals surface area contributed by atoms with Crippen molar-refractivity contribution in [1.82, 2.24) is 5.43 Å². The van der Waals surface area contributed by atoms with Crippen LogP contribution in [0.5, 0.6) is 17.2 Å². The highest BCUT2D eigenvalue weighted by atomic mass is 16.6. The van der Waals surface area contributed by atoms with Crippen LogP contribution in [0, 0.1) is 24.0 Å². The Labute approximate surface area is 201 Å². The van der Waals surface area contributed by atoms with Gasteiger partial charge in [0, 0.05) is 12.1 Å².